The highest BCUT2D eigenvalue weighted by molar-refractivity contribution is 6.11. The SMILES string of the molecule is CC1(C)c2cccc(-c3ccc(-c4cc(-c5cc(-c6ccccc6)cc(-c6ccccc6)c5)nc(-c5ccccc5)n4)c4ccccc34)c2-c2c1ccc1ccccc21. The zero-order chi connectivity index (χ0) is 39.5. The predicted octanol–water partition coefficient (Wildman–Crippen LogP) is 15.1. The van der Waals surface area contributed by atoms with Gasteiger partial charge in [-0.2, -0.15) is 0 Å². The van der Waals surface area contributed by atoms with E-state index in [1.54, 1.807) is 0 Å². The maximum atomic E-state index is 5.34. The third-order valence-corrected chi connectivity index (χ3v) is 12.3. The van der Waals surface area contributed by atoms with Crippen LogP contribution in [-0.4, -0.2) is 9.97 Å². The Morgan fingerprint density at radius 3 is 1.53 bits per heavy atom. The zero-order valence-electron chi connectivity index (χ0n) is 33.0. The Kier molecular flexibility index (Phi) is 8.20. The minimum atomic E-state index is -0.121. The van der Waals surface area contributed by atoms with E-state index in [2.05, 4.69) is 214 Å². The van der Waals surface area contributed by atoms with Crippen molar-refractivity contribution in [1.82, 2.24) is 9.97 Å². The highest BCUT2D eigenvalue weighted by Gasteiger charge is 2.38. The van der Waals surface area contributed by atoms with Crippen LogP contribution in [0, 0.1) is 0 Å². The van der Waals surface area contributed by atoms with E-state index in [9.17, 15) is 0 Å². The number of nitrogens with zero attached hydrogens (tertiary/aromatic N) is 2. The molecule has 0 saturated heterocycles. The lowest BCUT2D eigenvalue weighted by molar-refractivity contribution is 0.661. The second-order valence-electron chi connectivity index (χ2n) is 16.1. The lowest BCUT2D eigenvalue weighted by Gasteiger charge is -2.22. The largest absolute Gasteiger partial charge is 0.228 e. The topological polar surface area (TPSA) is 25.8 Å². The molecule has 0 unspecified atom stereocenters. The minimum absolute atomic E-state index is 0.121. The fraction of sp³-hybridized carbons (Fsp3) is 0.0526. The number of rotatable bonds is 6. The van der Waals surface area contributed by atoms with Crippen molar-refractivity contribution in [2.75, 3.05) is 0 Å². The van der Waals surface area contributed by atoms with Crippen molar-refractivity contribution in [1.29, 1.82) is 0 Å². The van der Waals surface area contributed by atoms with Crippen LogP contribution in [0.4, 0.5) is 0 Å². The maximum absolute atomic E-state index is 5.34. The minimum Gasteiger partial charge on any atom is -0.228 e. The summed E-state index contributed by atoms with van der Waals surface area (Å²) in [7, 11) is 0. The van der Waals surface area contributed by atoms with E-state index in [0.717, 1.165) is 55.7 Å². The van der Waals surface area contributed by atoms with Gasteiger partial charge in [-0.25, -0.2) is 9.97 Å². The van der Waals surface area contributed by atoms with Gasteiger partial charge in [0.15, 0.2) is 5.82 Å². The molecular weight excluding hydrogens is 713 g/mol. The van der Waals surface area contributed by atoms with Crippen LogP contribution < -0.4 is 0 Å². The van der Waals surface area contributed by atoms with Crippen LogP contribution in [0.15, 0.2) is 206 Å². The second kappa shape index (κ2) is 13.9. The molecule has 2 nitrogen and oxygen atoms in total. The average molecular weight is 753 g/mol. The molecule has 9 aromatic carbocycles. The Hall–Kier alpha value is -7.42. The molecule has 0 saturated carbocycles. The second-order valence-corrected chi connectivity index (χ2v) is 16.1. The van der Waals surface area contributed by atoms with Crippen molar-refractivity contribution in [2.24, 2.45) is 0 Å². The van der Waals surface area contributed by atoms with Crippen molar-refractivity contribution in [3.8, 4) is 78.4 Å². The van der Waals surface area contributed by atoms with E-state index in [1.165, 1.54) is 49.5 Å². The Morgan fingerprint density at radius 1 is 0.322 bits per heavy atom. The first kappa shape index (κ1) is 34.8. The molecule has 0 spiro atoms. The molecule has 0 aliphatic heterocycles. The van der Waals surface area contributed by atoms with E-state index >= 15 is 0 Å². The number of aromatic nitrogens is 2. The van der Waals surface area contributed by atoms with Gasteiger partial charge in [0, 0.05) is 22.1 Å². The molecule has 1 aliphatic rings. The summed E-state index contributed by atoms with van der Waals surface area (Å²) < 4.78 is 0. The zero-order valence-corrected chi connectivity index (χ0v) is 33.0. The van der Waals surface area contributed by atoms with Crippen LogP contribution in [-0.2, 0) is 5.41 Å². The molecule has 0 radical (unpaired) electrons. The molecule has 0 N–H and O–H groups in total. The Balaban J connectivity index is 1.13. The first-order chi connectivity index (χ1) is 29.0. The molecule has 1 aromatic heterocycles. The standard InChI is InChI=1S/C57H40N2/c1-57(2)50-28-16-27-49(55(50)54-44-24-13-12-21-39(44)29-32-51(54)57)47-30-31-48(46-26-15-14-25-45(46)47)53-36-52(58-56(59-53)40-22-10-5-11-23-40)43-34-41(37-17-6-3-7-18-37)33-42(35-43)38-19-8-4-9-20-38/h3-36H,1-2H3. The Bertz CT molecular complexity index is 3160. The smallest absolute Gasteiger partial charge is 0.160 e. The van der Waals surface area contributed by atoms with Crippen molar-refractivity contribution in [3.05, 3.63) is 217 Å². The molecule has 59 heavy (non-hydrogen) atoms. The van der Waals surface area contributed by atoms with Crippen LogP contribution >= 0.6 is 0 Å². The molecule has 0 fully saturated rings. The number of benzene rings is 9. The summed E-state index contributed by atoms with van der Waals surface area (Å²) in [5, 5.41) is 4.93. The predicted molar refractivity (Wildman–Crippen MR) is 247 cm³/mol. The van der Waals surface area contributed by atoms with E-state index in [4.69, 9.17) is 9.97 Å². The maximum Gasteiger partial charge on any atom is 0.160 e. The Morgan fingerprint density at radius 2 is 0.847 bits per heavy atom. The normalized spacial score (nSPS) is 12.7. The van der Waals surface area contributed by atoms with Gasteiger partial charge in [0.25, 0.3) is 0 Å². The number of hydrogen-bond donors (Lipinski definition) is 0. The van der Waals surface area contributed by atoms with Crippen molar-refractivity contribution < 1.29 is 0 Å². The summed E-state index contributed by atoms with van der Waals surface area (Å²) >= 11 is 0. The van der Waals surface area contributed by atoms with Crippen LogP contribution in [0.3, 0.4) is 0 Å². The van der Waals surface area contributed by atoms with E-state index < -0.39 is 0 Å². The lowest BCUT2D eigenvalue weighted by Crippen LogP contribution is -2.14. The van der Waals surface area contributed by atoms with Crippen molar-refractivity contribution in [2.45, 2.75) is 19.3 Å². The molecule has 2 heteroatoms. The van der Waals surface area contributed by atoms with Gasteiger partial charge in [-0.1, -0.05) is 196 Å². The molecule has 0 atom stereocenters. The summed E-state index contributed by atoms with van der Waals surface area (Å²) in [5.74, 6) is 0.698. The molecule has 1 aliphatic carbocycles. The van der Waals surface area contributed by atoms with Crippen molar-refractivity contribution in [3.63, 3.8) is 0 Å². The van der Waals surface area contributed by atoms with Gasteiger partial charge in [0.05, 0.1) is 11.4 Å². The first-order valence-corrected chi connectivity index (χ1v) is 20.4. The lowest BCUT2D eigenvalue weighted by atomic mass is 9.81. The van der Waals surface area contributed by atoms with Crippen LogP contribution in [0.25, 0.3) is 100.0 Å². The molecule has 278 valence electrons. The van der Waals surface area contributed by atoms with Gasteiger partial charge in [0.1, 0.15) is 0 Å². The summed E-state index contributed by atoms with van der Waals surface area (Å²) in [6.45, 7) is 4.74. The highest BCUT2D eigenvalue weighted by atomic mass is 14.9. The fourth-order valence-corrected chi connectivity index (χ4v) is 9.35. The average Bonchev–Trinajstić information content (AvgIpc) is 3.55. The highest BCUT2D eigenvalue weighted by Crippen LogP contribution is 2.55. The van der Waals surface area contributed by atoms with Crippen LogP contribution in [0.2, 0.25) is 0 Å². The third kappa shape index (κ3) is 5.87. The van der Waals surface area contributed by atoms with Gasteiger partial charge in [-0.05, 0) is 101 Å². The summed E-state index contributed by atoms with van der Waals surface area (Å²) in [5.41, 5.74) is 17.3. The van der Waals surface area contributed by atoms with E-state index in [-0.39, 0.29) is 5.41 Å². The van der Waals surface area contributed by atoms with Gasteiger partial charge < -0.3 is 0 Å². The van der Waals surface area contributed by atoms with Gasteiger partial charge in [-0.3, -0.25) is 0 Å². The fourth-order valence-electron chi connectivity index (χ4n) is 9.35. The van der Waals surface area contributed by atoms with Gasteiger partial charge in [0.2, 0.25) is 0 Å². The number of hydrogen-bond acceptors (Lipinski definition) is 2. The summed E-state index contributed by atoms with van der Waals surface area (Å²) in [6, 6.07) is 74.3. The molecular formula is C57H40N2. The third-order valence-electron chi connectivity index (χ3n) is 12.3. The summed E-state index contributed by atoms with van der Waals surface area (Å²) in [6.07, 6.45) is 0. The molecule has 11 rings (SSSR count). The molecule has 10 aromatic rings. The van der Waals surface area contributed by atoms with Crippen molar-refractivity contribution >= 4 is 21.5 Å². The van der Waals surface area contributed by atoms with E-state index in [0.29, 0.717) is 5.82 Å². The Labute approximate surface area is 345 Å². The summed E-state index contributed by atoms with van der Waals surface area (Å²) in [4.78, 5) is 10.6. The number of fused-ring (bicyclic) bond motifs is 6. The van der Waals surface area contributed by atoms with Gasteiger partial charge in [-0.15, -0.1) is 0 Å². The van der Waals surface area contributed by atoms with E-state index in [1.807, 2.05) is 6.07 Å². The van der Waals surface area contributed by atoms with Crippen LogP contribution in [0.1, 0.15) is 25.0 Å². The molecule has 0 amide bonds. The quantitative estimate of drug-likeness (QED) is 0.169. The first-order valence-electron chi connectivity index (χ1n) is 20.4. The molecule has 1 heterocycles. The van der Waals surface area contributed by atoms with Crippen LogP contribution in [0.5, 0.6) is 0 Å². The van der Waals surface area contributed by atoms with Gasteiger partial charge >= 0.3 is 0 Å². The molecule has 0 bridgehead atoms. The monoisotopic (exact) mass is 752 g/mol.